The topological polar surface area (TPSA) is 118 Å². The molecular formula is C29H26N2O6S. The number of hydrogen-bond donors (Lipinski definition) is 2. The lowest BCUT2D eigenvalue weighted by Crippen LogP contribution is -2.44. The average Bonchev–Trinajstić information content (AvgIpc) is 3.30. The summed E-state index contributed by atoms with van der Waals surface area (Å²) < 4.78 is 39.9. The van der Waals surface area contributed by atoms with Gasteiger partial charge in [-0.25, -0.2) is 18.0 Å². The van der Waals surface area contributed by atoms with Crippen molar-refractivity contribution in [1.82, 2.24) is 9.71 Å². The number of carbonyl (C=O) groups excluding carboxylic acids is 1. The maximum atomic E-state index is 13.4. The number of ether oxygens (including phenoxy) is 1. The number of nitrogens with one attached hydrogen (secondary N) is 2. The van der Waals surface area contributed by atoms with Gasteiger partial charge in [0.05, 0.1) is 4.90 Å². The van der Waals surface area contributed by atoms with E-state index in [1.807, 2.05) is 38.1 Å². The highest BCUT2D eigenvalue weighted by atomic mass is 32.2. The SMILES string of the molecule is CCc1cc(=O)oc2cc(OC(=O)[C@H](Cc3c[nH]c4ccccc34)NS(=O)(=O)c3ccc(C)cc3)ccc12. The van der Waals surface area contributed by atoms with Gasteiger partial charge in [0.25, 0.3) is 0 Å². The molecular weight excluding hydrogens is 504 g/mol. The van der Waals surface area contributed by atoms with Crippen molar-refractivity contribution in [2.24, 2.45) is 0 Å². The van der Waals surface area contributed by atoms with E-state index >= 15 is 0 Å². The second-order valence-electron chi connectivity index (χ2n) is 9.07. The second kappa shape index (κ2) is 10.3. The number of rotatable bonds is 8. The van der Waals surface area contributed by atoms with Crippen LogP contribution in [0.4, 0.5) is 0 Å². The molecule has 0 unspecified atom stereocenters. The zero-order valence-electron chi connectivity index (χ0n) is 20.9. The molecule has 0 fully saturated rings. The molecule has 2 heterocycles. The van der Waals surface area contributed by atoms with Gasteiger partial charge in [-0.3, -0.25) is 0 Å². The summed E-state index contributed by atoms with van der Waals surface area (Å²) >= 11 is 0. The highest BCUT2D eigenvalue weighted by molar-refractivity contribution is 7.89. The lowest BCUT2D eigenvalue weighted by Gasteiger charge is -2.18. The Morgan fingerprint density at radius 1 is 1.00 bits per heavy atom. The molecule has 5 aromatic rings. The fourth-order valence-corrected chi connectivity index (χ4v) is 5.60. The minimum atomic E-state index is -4.04. The third kappa shape index (κ3) is 5.25. The third-order valence-electron chi connectivity index (χ3n) is 6.41. The van der Waals surface area contributed by atoms with Crippen LogP contribution in [-0.2, 0) is 27.7 Å². The van der Waals surface area contributed by atoms with E-state index in [1.165, 1.54) is 24.3 Å². The van der Waals surface area contributed by atoms with Gasteiger partial charge in [0.2, 0.25) is 10.0 Å². The van der Waals surface area contributed by atoms with Crippen LogP contribution in [-0.4, -0.2) is 25.4 Å². The number of sulfonamides is 1. The first-order valence-electron chi connectivity index (χ1n) is 12.2. The molecule has 0 aliphatic rings. The van der Waals surface area contributed by atoms with Crippen LogP contribution < -0.4 is 15.1 Å². The van der Waals surface area contributed by atoms with E-state index in [0.29, 0.717) is 6.42 Å². The fraction of sp³-hybridized carbons (Fsp3) is 0.172. The van der Waals surface area contributed by atoms with Gasteiger partial charge in [-0.05, 0) is 54.8 Å². The predicted molar refractivity (Wildman–Crippen MR) is 145 cm³/mol. The van der Waals surface area contributed by atoms with E-state index < -0.39 is 27.7 Å². The molecule has 9 heteroatoms. The van der Waals surface area contributed by atoms with Crippen molar-refractivity contribution >= 4 is 37.9 Å². The zero-order chi connectivity index (χ0) is 26.9. The summed E-state index contributed by atoms with van der Waals surface area (Å²) in [4.78, 5) is 28.5. The number of hydrogen-bond acceptors (Lipinski definition) is 6. The van der Waals surface area contributed by atoms with Crippen LogP contribution >= 0.6 is 0 Å². The summed E-state index contributed by atoms with van der Waals surface area (Å²) in [6.07, 6.45) is 2.44. The minimum absolute atomic E-state index is 0.0411. The van der Waals surface area contributed by atoms with Crippen LogP contribution in [0.2, 0.25) is 0 Å². The Labute approximate surface area is 219 Å². The summed E-state index contributed by atoms with van der Waals surface area (Å²) in [5, 5.41) is 1.61. The Morgan fingerprint density at radius 3 is 2.53 bits per heavy atom. The Kier molecular flexibility index (Phi) is 6.88. The van der Waals surface area contributed by atoms with Crippen molar-refractivity contribution in [2.75, 3.05) is 0 Å². The van der Waals surface area contributed by atoms with Gasteiger partial charge in [-0.2, -0.15) is 4.72 Å². The first kappa shape index (κ1) is 25.4. The highest BCUT2D eigenvalue weighted by Crippen LogP contribution is 2.25. The zero-order valence-corrected chi connectivity index (χ0v) is 21.7. The summed E-state index contributed by atoms with van der Waals surface area (Å²) in [5.41, 5.74) is 3.14. The lowest BCUT2D eigenvalue weighted by molar-refractivity contribution is -0.136. The van der Waals surface area contributed by atoms with E-state index in [0.717, 1.165) is 33.0 Å². The van der Waals surface area contributed by atoms with Crippen molar-refractivity contribution in [1.29, 1.82) is 0 Å². The van der Waals surface area contributed by atoms with Crippen LogP contribution in [0.5, 0.6) is 5.75 Å². The van der Waals surface area contributed by atoms with Crippen LogP contribution in [0, 0.1) is 6.92 Å². The number of carbonyl (C=O) groups is 1. The number of H-pyrrole nitrogens is 1. The monoisotopic (exact) mass is 530 g/mol. The van der Waals surface area contributed by atoms with Crippen molar-refractivity contribution in [2.45, 2.75) is 37.6 Å². The van der Waals surface area contributed by atoms with E-state index in [-0.39, 0.29) is 22.6 Å². The normalized spacial score (nSPS) is 12.6. The highest BCUT2D eigenvalue weighted by Gasteiger charge is 2.29. The molecule has 38 heavy (non-hydrogen) atoms. The number of esters is 1. The van der Waals surface area contributed by atoms with Gasteiger partial charge >= 0.3 is 11.6 Å². The molecule has 3 aromatic carbocycles. The van der Waals surface area contributed by atoms with E-state index in [4.69, 9.17) is 9.15 Å². The van der Waals surface area contributed by atoms with Gasteiger partial charge in [-0.15, -0.1) is 0 Å². The maximum Gasteiger partial charge on any atom is 0.336 e. The van der Waals surface area contributed by atoms with Crippen LogP contribution in [0.25, 0.3) is 21.9 Å². The van der Waals surface area contributed by atoms with E-state index in [9.17, 15) is 18.0 Å². The Balaban J connectivity index is 1.48. The van der Waals surface area contributed by atoms with E-state index in [1.54, 1.807) is 30.5 Å². The number of benzene rings is 3. The third-order valence-corrected chi connectivity index (χ3v) is 7.90. The summed E-state index contributed by atoms with van der Waals surface area (Å²) in [6.45, 7) is 3.79. The largest absolute Gasteiger partial charge is 0.425 e. The molecule has 0 aliphatic carbocycles. The maximum absolute atomic E-state index is 13.4. The molecule has 0 saturated carbocycles. The Hall–Kier alpha value is -4.21. The molecule has 0 spiro atoms. The number of aromatic nitrogens is 1. The summed E-state index contributed by atoms with van der Waals surface area (Å²) in [5.74, 6) is -0.656. The molecule has 0 saturated heterocycles. The number of aromatic amines is 1. The molecule has 194 valence electrons. The predicted octanol–water partition coefficient (Wildman–Crippen LogP) is 4.64. The summed E-state index contributed by atoms with van der Waals surface area (Å²) in [7, 11) is -4.04. The van der Waals surface area contributed by atoms with Crippen LogP contribution in [0.3, 0.4) is 0 Å². The molecule has 2 N–H and O–H groups in total. The van der Waals surface area contributed by atoms with Gasteiger partial charge < -0.3 is 14.1 Å². The van der Waals surface area contributed by atoms with Crippen LogP contribution in [0.15, 0.2) is 93.1 Å². The molecule has 2 aromatic heterocycles. The van der Waals surface area contributed by atoms with Crippen molar-refractivity contribution in [3.63, 3.8) is 0 Å². The Bertz CT molecular complexity index is 1800. The van der Waals surface area contributed by atoms with Crippen LogP contribution in [0.1, 0.15) is 23.6 Å². The quantitative estimate of drug-likeness (QED) is 0.171. The van der Waals surface area contributed by atoms with Gasteiger partial charge in [-0.1, -0.05) is 42.8 Å². The van der Waals surface area contributed by atoms with Crippen molar-refractivity contribution in [3.8, 4) is 5.75 Å². The van der Waals surface area contributed by atoms with Gasteiger partial charge in [0.15, 0.2) is 0 Å². The van der Waals surface area contributed by atoms with E-state index in [2.05, 4.69) is 9.71 Å². The molecule has 0 radical (unpaired) electrons. The van der Waals surface area contributed by atoms with Crippen molar-refractivity contribution in [3.05, 3.63) is 106 Å². The smallest absolute Gasteiger partial charge is 0.336 e. The van der Waals surface area contributed by atoms with Gasteiger partial charge in [0.1, 0.15) is 17.4 Å². The minimum Gasteiger partial charge on any atom is -0.425 e. The molecule has 0 bridgehead atoms. The Morgan fingerprint density at radius 2 is 1.76 bits per heavy atom. The number of para-hydroxylation sites is 1. The number of aryl methyl sites for hydroxylation is 2. The lowest BCUT2D eigenvalue weighted by atomic mass is 10.1. The second-order valence-corrected chi connectivity index (χ2v) is 10.8. The molecule has 0 amide bonds. The average molecular weight is 531 g/mol. The molecule has 1 atom stereocenters. The number of fused-ring (bicyclic) bond motifs is 2. The standard InChI is InChI=1S/C29H26N2O6S/c1-3-19-15-28(32)37-27-16-21(10-13-24(19)27)36-29(33)26(14-20-17-30-25-7-5-4-6-23(20)25)31-38(34,35)22-11-8-18(2)9-12-22/h4-13,15-17,26,30-31H,3,14H2,1-2H3/t26-/m0/s1. The van der Waals surface area contributed by atoms with Gasteiger partial charge in [0, 0.05) is 41.0 Å². The first-order valence-corrected chi connectivity index (χ1v) is 13.6. The molecule has 0 aliphatic heterocycles. The first-order chi connectivity index (χ1) is 18.2. The summed E-state index contributed by atoms with van der Waals surface area (Å²) in [6, 6.07) is 18.9. The molecule has 5 rings (SSSR count). The molecule has 8 nitrogen and oxygen atoms in total. The fourth-order valence-electron chi connectivity index (χ4n) is 4.42. The van der Waals surface area contributed by atoms with Crippen molar-refractivity contribution < 1.29 is 22.4 Å².